The van der Waals surface area contributed by atoms with Gasteiger partial charge in [-0.15, -0.1) is 0 Å². The minimum Gasteiger partial charge on any atom is -0.369 e. The van der Waals surface area contributed by atoms with Crippen molar-refractivity contribution < 1.29 is 4.79 Å². The maximum absolute atomic E-state index is 11.0. The van der Waals surface area contributed by atoms with Gasteiger partial charge in [-0.3, -0.25) is 9.69 Å². The van der Waals surface area contributed by atoms with E-state index < -0.39 is 0 Å². The normalized spacial score (nSPS) is 27.3. The molecular weight excluding hydrogens is 190 g/mol. The highest BCUT2D eigenvalue weighted by molar-refractivity contribution is 5.76. The van der Waals surface area contributed by atoms with Gasteiger partial charge in [0.2, 0.25) is 5.91 Å². The van der Waals surface area contributed by atoms with Gasteiger partial charge in [0.15, 0.2) is 0 Å². The highest BCUT2D eigenvalue weighted by Gasteiger charge is 2.26. The SMILES string of the molecule is CC1CNCC(N(CC(N)=O)C(C)C)C1. The number of piperidine rings is 1. The summed E-state index contributed by atoms with van der Waals surface area (Å²) in [5.74, 6) is 0.444. The molecule has 1 fully saturated rings. The molecule has 0 aromatic heterocycles. The van der Waals surface area contributed by atoms with E-state index >= 15 is 0 Å². The van der Waals surface area contributed by atoms with E-state index in [1.807, 2.05) is 0 Å². The number of nitrogens with two attached hydrogens (primary N) is 1. The lowest BCUT2D eigenvalue weighted by molar-refractivity contribution is -0.120. The summed E-state index contributed by atoms with van der Waals surface area (Å²) in [4.78, 5) is 13.2. The first-order valence-electron chi connectivity index (χ1n) is 5.75. The zero-order chi connectivity index (χ0) is 11.4. The maximum atomic E-state index is 11.0. The molecule has 1 heterocycles. The number of hydrogen-bond donors (Lipinski definition) is 2. The molecule has 0 saturated carbocycles. The Labute approximate surface area is 92.2 Å². The topological polar surface area (TPSA) is 58.4 Å². The highest BCUT2D eigenvalue weighted by atomic mass is 16.1. The van der Waals surface area contributed by atoms with Gasteiger partial charge in [-0.2, -0.15) is 0 Å². The molecule has 15 heavy (non-hydrogen) atoms. The molecule has 0 aromatic carbocycles. The van der Waals surface area contributed by atoms with Crippen molar-refractivity contribution in [3.05, 3.63) is 0 Å². The van der Waals surface area contributed by atoms with Gasteiger partial charge in [0.05, 0.1) is 6.54 Å². The van der Waals surface area contributed by atoms with Crippen molar-refractivity contribution in [3.8, 4) is 0 Å². The molecule has 1 rings (SSSR count). The molecule has 4 nitrogen and oxygen atoms in total. The average molecular weight is 213 g/mol. The van der Waals surface area contributed by atoms with Crippen LogP contribution in [0.1, 0.15) is 27.2 Å². The molecule has 4 heteroatoms. The lowest BCUT2D eigenvalue weighted by Gasteiger charge is -2.38. The summed E-state index contributed by atoms with van der Waals surface area (Å²) in [5.41, 5.74) is 5.27. The largest absolute Gasteiger partial charge is 0.369 e. The third-order valence-electron chi connectivity index (χ3n) is 3.02. The molecule has 88 valence electrons. The lowest BCUT2D eigenvalue weighted by Crippen LogP contribution is -2.53. The van der Waals surface area contributed by atoms with Crippen LogP contribution in [-0.2, 0) is 4.79 Å². The van der Waals surface area contributed by atoms with E-state index in [1.165, 1.54) is 0 Å². The van der Waals surface area contributed by atoms with Gasteiger partial charge in [-0.05, 0) is 32.7 Å². The predicted molar refractivity (Wildman–Crippen MR) is 61.5 cm³/mol. The fraction of sp³-hybridized carbons (Fsp3) is 0.909. The number of carbonyl (C=O) groups is 1. The second-order valence-corrected chi connectivity index (χ2v) is 4.89. The van der Waals surface area contributed by atoms with E-state index in [9.17, 15) is 4.79 Å². The molecule has 1 aliphatic heterocycles. The first-order valence-corrected chi connectivity index (χ1v) is 5.75. The van der Waals surface area contributed by atoms with Crippen molar-refractivity contribution in [3.63, 3.8) is 0 Å². The van der Waals surface area contributed by atoms with E-state index in [0.29, 0.717) is 24.5 Å². The molecule has 2 atom stereocenters. The van der Waals surface area contributed by atoms with Gasteiger partial charge in [0.25, 0.3) is 0 Å². The number of nitrogens with zero attached hydrogens (tertiary/aromatic N) is 1. The van der Waals surface area contributed by atoms with Crippen LogP contribution in [0.3, 0.4) is 0 Å². The molecule has 0 aromatic rings. The van der Waals surface area contributed by atoms with Gasteiger partial charge < -0.3 is 11.1 Å². The second-order valence-electron chi connectivity index (χ2n) is 4.89. The first kappa shape index (κ1) is 12.5. The quantitative estimate of drug-likeness (QED) is 0.700. The van der Waals surface area contributed by atoms with Crippen LogP contribution >= 0.6 is 0 Å². The standard InChI is InChI=1S/C11H23N3O/c1-8(2)14(7-11(12)15)10-4-9(3)5-13-6-10/h8-10,13H,4-7H2,1-3H3,(H2,12,15). The summed E-state index contributed by atoms with van der Waals surface area (Å²) >= 11 is 0. The number of nitrogens with one attached hydrogen (secondary N) is 1. The van der Waals surface area contributed by atoms with Crippen molar-refractivity contribution in [2.24, 2.45) is 11.7 Å². The second kappa shape index (κ2) is 5.47. The van der Waals surface area contributed by atoms with E-state index in [4.69, 9.17) is 5.73 Å². The summed E-state index contributed by atoms with van der Waals surface area (Å²) in [6.07, 6.45) is 1.15. The Morgan fingerprint density at radius 3 is 2.67 bits per heavy atom. The van der Waals surface area contributed by atoms with Gasteiger partial charge in [0, 0.05) is 18.6 Å². The van der Waals surface area contributed by atoms with Crippen LogP contribution in [0.2, 0.25) is 0 Å². The zero-order valence-corrected chi connectivity index (χ0v) is 9.99. The van der Waals surface area contributed by atoms with Gasteiger partial charge >= 0.3 is 0 Å². The molecule has 2 unspecified atom stereocenters. The van der Waals surface area contributed by atoms with Crippen LogP contribution in [0.25, 0.3) is 0 Å². The maximum Gasteiger partial charge on any atom is 0.231 e. The summed E-state index contributed by atoms with van der Waals surface area (Å²) in [7, 11) is 0. The average Bonchev–Trinajstić information content (AvgIpc) is 2.13. The number of carbonyl (C=O) groups excluding carboxylic acids is 1. The Hall–Kier alpha value is -0.610. The van der Waals surface area contributed by atoms with Crippen molar-refractivity contribution >= 4 is 5.91 Å². The zero-order valence-electron chi connectivity index (χ0n) is 9.99. The van der Waals surface area contributed by atoms with Gasteiger partial charge in [-0.1, -0.05) is 6.92 Å². The molecule has 0 radical (unpaired) electrons. The monoisotopic (exact) mass is 213 g/mol. The lowest BCUT2D eigenvalue weighted by atomic mass is 9.95. The van der Waals surface area contributed by atoms with Crippen molar-refractivity contribution in [2.75, 3.05) is 19.6 Å². The van der Waals surface area contributed by atoms with Crippen molar-refractivity contribution in [1.82, 2.24) is 10.2 Å². The molecule has 1 aliphatic rings. The smallest absolute Gasteiger partial charge is 0.231 e. The third-order valence-corrected chi connectivity index (χ3v) is 3.02. The van der Waals surface area contributed by atoms with Crippen LogP contribution in [0.15, 0.2) is 0 Å². The van der Waals surface area contributed by atoms with Crippen LogP contribution in [0.5, 0.6) is 0 Å². The summed E-state index contributed by atoms with van der Waals surface area (Å²) in [5, 5.41) is 3.40. The van der Waals surface area contributed by atoms with Crippen molar-refractivity contribution in [1.29, 1.82) is 0 Å². The highest BCUT2D eigenvalue weighted by Crippen LogP contribution is 2.17. The Balaban J connectivity index is 2.57. The van der Waals surface area contributed by atoms with Crippen LogP contribution < -0.4 is 11.1 Å². The molecule has 0 bridgehead atoms. The number of rotatable bonds is 4. The fourth-order valence-electron chi connectivity index (χ4n) is 2.29. The number of amides is 1. The third kappa shape index (κ3) is 3.80. The van der Waals surface area contributed by atoms with E-state index in [1.54, 1.807) is 0 Å². The summed E-state index contributed by atoms with van der Waals surface area (Å²) in [6.45, 7) is 8.89. The Bertz CT molecular complexity index is 218. The summed E-state index contributed by atoms with van der Waals surface area (Å²) < 4.78 is 0. The van der Waals surface area contributed by atoms with Crippen LogP contribution in [0.4, 0.5) is 0 Å². The Morgan fingerprint density at radius 1 is 1.53 bits per heavy atom. The molecule has 1 amide bonds. The van der Waals surface area contributed by atoms with Crippen LogP contribution in [-0.4, -0.2) is 42.5 Å². The molecule has 0 aliphatic carbocycles. The molecule has 3 N–H and O–H groups in total. The van der Waals surface area contributed by atoms with E-state index in [-0.39, 0.29) is 5.91 Å². The van der Waals surface area contributed by atoms with Crippen molar-refractivity contribution in [2.45, 2.75) is 39.3 Å². The number of hydrogen-bond acceptors (Lipinski definition) is 3. The van der Waals surface area contributed by atoms with E-state index in [2.05, 4.69) is 31.0 Å². The predicted octanol–water partition coefficient (Wildman–Crippen LogP) is 0.180. The fourth-order valence-corrected chi connectivity index (χ4v) is 2.29. The Morgan fingerprint density at radius 2 is 2.20 bits per heavy atom. The Kier molecular flexibility index (Phi) is 4.54. The minimum absolute atomic E-state index is 0.234. The van der Waals surface area contributed by atoms with Gasteiger partial charge in [0.1, 0.15) is 0 Å². The summed E-state index contributed by atoms with van der Waals surface area (Å²) in [6, 6.07) is 0.816. The minimum atomic E-state index is -0.234. The van der Waals surface area contributed by atoms with E-state index in [0.717, 1.165) is 19.5 Å². The molecule has 1 saturated heterocycles. The molecular formula is C11H23N3O. The van der Waals surface area contributed by atoms with Gasteiger partial charge in [-0.25, -0.2) is 0 Å². The molecule has 0 spiro atoms. The first-order chi connectivity index (χ1) is 7.00. The van der Waals surface area contributed by atoms with Crippen LogP contribution in [0, 0.1) is 5.92 Å². The number of primary amides is 1.